The predicted octanol–water partition coefficient (Wildman–Crippen LogP) is 1.18. The van der Waals surface area contributed by atoms with E-state index in [-0.39, 0.29) is 12.6 Å². The summed E-state index contributed by atoms with van der Waals surface area (Å²) in [7, 11) is 0. The van der Waals surface area contributed by atoms with Gasteiger partial charge >= 0.3 is 5.97 Å². The number of carbonyl (C=O) groups is 1. The first kappa shape index (κ1) is 14.8. The largest absolute Gasteiger partial charge is 0.465 e. The van der Waals surface area contributed by atoms with Crippen molar-refractivity contribution in [1.29, 1.82) is 0 Å². The zero-order valence-corrected chi connectivity index (χ0v) is 11.5. The molecule has 0 amide bonds. The fourth-order valence-electron chi connectivity index (χ4n) is 1.64. The van der Waals surface area contributed by atoms with Crippen LogP contribution in [0.3, 0.4) is 0 Å². The third kappa shape index (κ3) is 5.27. The van der Waals surface area contributed by atoms with Crippen LogP contribution in [0.25, 0.3) is 0 Å². The molecule has 0 radical (unpaired) electrons. The fourth-order valence-corrected chi connectivity index (χ4v) is 2.53. The molecule has 0 aliphatic heterocycles. The fraction of sp³-hybridized carbons (Fsp3) is 0.917. The summed E-state index contributed by atoms with van der Waals surface area (Å²) in [4.78, 5) is 11.9. The van der Waals surface area contributed by atoms with Crippen molar-refractivity contribution in [3.8, 4) is 0 Å². The van der Waals surface area contributed by atoms with E-state index in [0.717, 1.165) is 30.8 Å². The van der Waals surface area contributed by atoms with Crippen molar-refractivity contribution in [3.05, 3.63) is 0 Å². The highest BCUT2D eigenvalue weighted by molar-refractivity contribution is 7.99. The van der Waals surface area contributed by atoms with Gasteiger partial charge in [-0.25, -0.2) is 0 Å². The summed E-state index contributed by atoms with van der Waals surface area (Å²) in [5.74, 6) is 1.43. The zero-order chi connectivity index (χ0) is 12.7. The van der Waals surface area contributed by atoms with E-state index in [1.807, 2.05) is 13.8 Å². The van der Waals surface area contributed by atoms with E-state index >= 15 is 0 Å². The summed E-state index contributed by atoms with van der Waals surface area (Å²) in [5.41, 5.74) is -0.570. The monoisotopic (exact) mass is 261 g/mol. The van der Waals surface area contributed by atoms with Crippen molar-refractivity contribution in [3.63, 3.8) is 0 Å². The molecule has 1 saturated carbocycles. The standard InChI is InChI=1S/C12H23NO3S/c1-3-16-11(15)12(2,13-10-4-5-10)6-8-17-9-7-14/h10,13-14H,3-9H2,1-2H3. The van der Waals surface area contributed by atoms with Gasteiger partial charge in [0, 0.05) is 11.8 Å². The maximum absolute atomic E-state index is 11.9. The van der Waals surface area contributed by atoms with Crippen LogP contribution in [0, 0.1) is 0 Å². The van der Waals surface area contributed by atoms with Crippen LogP contribution >= 0.6 is 11.8 Å². The van der Waals surface area contributed by atoms with E-state index in [1.165, 1.54) is 0 Å². The van der Waals surface area contributed by atoms with E-state index < -0.39 is 5.54 Å². The lowest BCUT2D eigenvalue weighted by Gasteiger charge is -2.28. The normalized spacial score (nSPS) is 18.8. The van der Waals surface area contributed by atoms with Crippen LogP contribution in [0.1, 0.15) is 33.1 Å². The molecule has 4 nitrogen and oxygen atoms in total. The Morgan fingerprint density at radius 1 is 1.53 bits per heavy atom. The number of aliphatic hydroxyl groups excluding tert-OH is 1. The molecular weight excluding hydrogens is 238 g/mol. The molecular formula is C12H23NO3S. The number of ether oxygens (including phenoxy) is 1. The Kier molecular flexibility index (Phi) is 6.30. The summed E-state index contributed by atoms with van der Waals surface area (Å²) in [6.07, 6.45) is 3.05. The predicted molar refractivity (Wildman–Crippen MR) is 70.2 cm³/mol. The number of thioether (sulfide) groups is 1. The van der Waals surface area contributed by atoms with Crippen LogP contribution in [0.15, 0.2) is 0 Å². The summed E-state index contributed by atoms with van der Waals surface area (Å²) in [6, 6.07) is 0.479. The average Bonchev–Trinajstić information content (AvgIpc) is 3.08. The van der Waals surface area contributed by atoms with E-state index in [0.29, 0.717) is 12.6 Å². The maximum atomic E-state index is 11.9. The van der Waals surface area contributed by atoms with Crippen molar-refractivity contribution < 1.29 is 14.6 Å². The lowest BCUT2D eigenvalue weighted by molar-refractivity contribution is -0.150. The molecule has 1 unspecified atom stereocenters. The minimum Gasteiger partial charge on any atom is -0.465 e. The maximum Gasteiger partial charge on any atom is 0.326 e. The molecule has 0 aromatic carbocycles. The van der Waals surface area contributed by atoms with Gasteiger partial charge in [0.2, 0.25) is 0 Å². The number of rotatable bonds is 9. The number of esters is 1. The van der Waals surface area contributed by atoms with Gasteiger partial charge in [-0.05, 0) is 38.9 Å². The van der Waals surface area contributed by atoms with Gasteiger partial charge in [-0.3, -0.25) is 10.1 Å². The van der Waals surface area contributed by atoms with Crippen LogP contribution in [-0.4, -0.2) is 47.4 Å². The second kappa shape index (κ2) is 7.24. The summed E-state index contributed by atoms with van der Waals surface area (Å²) in [5, 5.41) is 12.1. The van der Waals surface area contributed by atoms with Crippen LogP contribution in [0.4, 0.5) is 0 Å². The van der Waals surface area contributed by atoms with Crippen LogP contribution in [-0.2, 0) is 9.53 Å². The van der Waals surface area contributed by atoms with E-state index in [9.17, 15) is 4.79 Å². The molecule has 0 heterocycles. The van der Waals surface area contributed by atoms with Crippen molar-refractivity contribution in [2.75, 3.05) is 24.7 Å². The first-order valence-electron chi connectivity index (χ1n) is 6.26. The molecule has 1 aliphatic carbocycles. The van der Waals surface area contributed by atoms with Gasteiger partial charge in [0.25, 0.3) is 0 Å². The van der Waals surface area contributed by atoms with Crippen molar-refractivity contribution in [1.82, 2.24) is 5.32 Å². The van der Waals surface area contributed by atoms with Gasteiger partial charge in [0.1, 0.15) is 5.54 Å². The molecule has 1 fully saturated rings. The van der Waals surface area contributed by atoms with Crippen LogP contribution in [0.5, 0.6) is 0 Å². The Bertz CT molecular complexity index is 246. The van der Waals surface area contributed by atoms with Gasteiger partial charge in [0.05, 0.1) is 13.2 Å². The second-order valence-electron chi connectivity index (χ2n) is 4.56. The highest BCUT2D eigenvalue weighted by Gasteiger charge is 2.39. The Labute approximate surface area is 107 Å². The molecule has 0 saturated heterocycles. The quantitative estimate of drug-likeness (QED) is 0.482. The molecule has 0 aromatic heterocycles. The number of aliphatic hydroxyl groups is 1. The van der Waals surface area contributed by atoms with E-state index in [2.05, 4.69) is 5.32 Å². The Morgan fingerprint density at radius 3 is 2.76 bits per heavy atom. The number of nitrogens with one attached hydrogen (secondary N) is 1. The minimum atomic E-state index is -0.570. The Morgan fingerprint density at radius 2 is 2.24 bits per heavy atom. The molecule has 100 valence electrons. The van der Waals surface area contributed by atoms with Crippen molar-refractivity contribution in [2.45, 2.75) is 44.7 Å². The third-order valence-electron chi connectivity index (χ3n) is 2.81. The molecule has 0 aromatic rings. The SMILES string of the molecule is CCOC(=O)C(C)(CCSCCO)NC1CC1. The van der Waals surface area contributed by atoms with Crippen molar-refractivity contribution >= 4 is 17.7 Å². The van der Waals surface area contributed by atoms with E-state index in [1.54, 1.807) is 11.8 Å². The molecule has 17 heavy (non-hydrogen) atoms. The minimum absolute atomic E-state index is 0.156. The Balaban J connectivity index is 2.41. The highest BCUT2D eigenvalue weighted by atomic mass is 32.2. The van der Waals surface area contributed by atoms with Gasteiger partial charge in [-0.1, -0.05) is 0 Å². The topological polar surface area (TPSA) is 58.6 Å². The van der Waals surface area contributed by atoms with Crippen molar-refractivity contribution in [2.24, 2.45) is 0 Å². The van der Waals surface area contributed by atoms with Gasteiger partial charge < -0.3 is 9.84 Å². The molecule has 0 bridgehead atoms. The third-order valence-corrected chi connectivity index (χ3v) is 3.77. The molecule has 1 aliphatic rings. The lowest BCUT2D eigenvalue weighted by Crippen LogP contribution is -2.52. The summed E-state index contributed by atoms with van der Waals surface area (Å²) >= 11 is 1.67. The van der Waals surface area contributed by atoms with Gasteiger partial charge in [0.15, 0.2) is 0 Å². The molecule has 0 spiro atoms. The summed E-state index contributed by atoms with van der Waals surface area (Å²) in [6.45, 7) is 4.36. The molecule has 1 rings (SSSR count). The number of carbonyl (C=O) groups excluding carboxylic acids is 1. The van der Waals surface area contributed by atoms with Crippen LogP contribution < -0.4 is 5.32 Å². The van der Waals surface area contributed by atoms with E-state index in [4.69, 9.17) is 9.84 Å². The van der Waals surface area contributed by atoms with Gasteiger partial charge in [-0.15, -0.1) is 0 Å². The second-order valence-corrected chi connectivity index (χ2v) is 5.78. The van der Waals surface area contributed by atoms with Crippen LogP contribution in [0.2, 0.25) is 0 Å². The number of hydrogen-bond donors (Lipinski definition) is 2. The smallest absolute Gasteiger partial charge is 0.326 e. The average molecular weight is 261 g/mol. The molecule has 1 atom stereocenters. The summed E-state index contributed by atoms with van der Waals surface area (Å²) < 4.78 is 5.13. The zero-order valence-electron chi connectivity index (χ0n) is 10.7. The first-order chi connectivity index (χ1) is 8.12. The lowest BCUT2D eigenvalue weighted by atomic mass is 9.99. The molecule has 2 N–H and O–H groups in total. The highest BCUT2D eigenvalue weighted by Crippen LogP contribution is 2.25. The Hall–Kier alpha value is -0.260. The molecule has 5 heteroatoms. The van der Waals surface area contributed by atoms with Gasteiger partial charge in [-0.2, -0.15) is 11.8 Å². The number of hydrogen-bond acceptors (Lipinski definition) is 5. The first-order valence-corrected chi connectivity index (χ1v) is 7.41.